The summed E-state index contributed by atoms with van der Waals surface area (Å²) in [5, 5.41) is 0. The number of nitrogens with two attached hydrogens (primary N) is 1. The van der Waals surface area contributed by atoms with Gasteiger partial charge in [-0.1, -0.05) is 0 Å². The minimum Gasteiger partial charge on any atom is -0.329 e. The molecule has 3 rings (SSSR count). The highest BCUT2D eigenvalue weighted by Gasteiger charge is 2.46. The lowest BCUT2D eigenvalue weighted by atomic mass is 9.95. The summed E-state index contributed by atoms with van der Waals surface area (Å²) in [4.78, 5) is 2.81. The Morgan fingerprint density at radius 2 is 2.07 bits per heavy atom. The molecule has 0 bridgehead atoms. The Kier molecular flexibility index (Phi) is 2.74. The maximum Gasteiger partial charge on any atom is 0.0432 e. The van der Waals surface area contributed by atoms with Gasteiger partial charge in [0.2, 0.25) is 0 Å². The molecule has 3 aliphatic rings. The van der Waals surface area contributed by atoms with E-state index in [-0.39, 0.29) is 0 Å². The molecule has 0 amide bonds. The Morgan fingerprint density at radius 1 is 1.27 bits per heavy atom. The van der Waals surface area contributed by atoms with Crippen molar-refractivity contribution in [3.05, 3.63) is 0 Å². The van der Waals surface area contributed by atoms with Crippen LogP contribution >= 0.6 is 11.8 Å². The van der Waals surface area contributed by atoms with Crippen LogP contribution in [0, 0.1) is 5.92 Å². The van der Waals surface area contributed by atoms with Crippen molar-refractivity contribution in [1.29, 1.82) is 0 Å². The summed E-state index contributed by atoms with van der Waals surface area (Å²) in [6.07, 6.45) is 7.13. The Labute approximate surface area is 97.0 Å². The number of thioether (sulfide) groups is 1. The molecule has 0 aromatic heterocycles. The third kappa shape index (κ3) is 2.06. The fourth-order valence-corrected chi connectivity index (χ4v) is 4.27. The number of hydrogen-bond acceptors (Lipinski definition) is 3. The van der Waals surface area contributed by atoms with Gasteiger partial charge < -0.3 is 5.73 Å². The molecule has 1 saturated heterocycles. The van der Waals surface area contributed by atoms with Gasteiger partial charge in [-0.15, -0.1) is 0 Å². The molecule has 0 radical (unpaired) electrons. The van der Waals surface area contributed by atoms with Crippen LogP contribution in [0.4, 0.5) is 0 Å². The van der Waals surface area contributed by atoms with E-state index in [9.17, 15) is 0 Å². The fourth-order valence-electron chi connectivity index (χ4n) is 2.80. The van der Waals surface area contributed by atoms with Gasteiger partial charge in [0, 0.05) is 30.4 Å². The van der Waals surface area contributed by atoms with Crippen molar-refractivity contribution in [2.24, 2.45) is 11.7 Å². The Hall–Kier alpha value is 0.270. The van der Waals surface area contributed by atoms with E-state index in [0.29, 0.717) is 5.54 Å². The maximum absolute atomic E-state index is 6.08. The summed E-state index contributed by atoms with van der Waals surface area (Å²) in [5.74, 6) is 3.62. The van der Waals surface area contributed by atoms with Crippen LogP contribution in [0.5, 0.6) is 0 Å². The Bertz CT molecular complexity index is 230. The molecule has 2 nitrogen and oxygen atoms in total. The molecular weight excluding hydrogens is 204 g/mol. The SMILES string of the molecule is NCC1(N(CC2CC2)C2CC2)CCSC1. The van der Waals surface area contributed by atoms with Gasteiger partial charge in [-0.25, -0.2) is 0 Å². The van der Waals surface area contributed by atoms with E-state index >= 15 is 0 Å². The molecule has 0 spiro atoms. The Morgan fingerprint density at radius 3 is 2.53 bits per heavy atom. The highest BCUT2D eigenvalue weighted by atomic mass is 32.2. The first-order valence-electron chi connectivity index (χ1n) is 6.39. The first-order valence-corrected chi connectivity index (χ1v) is 7.54. The van der Waals surface area contributed by atoms with Crippen LogP contribution < -0.4 is 5.73 Å². The van der Waals surface area contributed by atoms with Crippen LogP contribution in [0.2, 0.25) is 0 Å². The molecule has 15 heavy (non-hydrogen) atoms. The summed E-state index contributed by atoms with van der Waals surface area (Å²) in [6.45, 7) is 2.23. The summed E-state index contributed by atoms with van der Waals surface area (Å²) < 4.78 is 0. The van der Waals surface area contributed by atoms with Crippen molar-refractivity contribution in [2.45, 2.75) is 43.7 Å². The zero-order chi connectivity index (χ0) is 10.3. The second-order valence-electron chi connectivity index (χ2n) is 5.56. The monoisotopic (exact) mass is 226 g/mol. The number of hydrogen-bond donors (Lipinski definition) is 1. The number of rotatable bonds is 5. The van der Waals surface area contributed by atoms with Crippen molar-refractivity contribution in [3.8, 4) is 0 Å². The highest BCUT2D eigenvalue weighted by molar-refractivity contribution is 7.99. The van der Waals surface area contributed by atoms with Crippen molar-refractivity contribution >= 4 is 11.8 Å². The van der Waals surface area contributed by atoms with Crippen LogP contribution in [0.15, 0.2) is 0 Å². The zero-order valence-electron chi connectivity index (χ0n) is 9.45. The molecule has 3 fully saturated rings. The van der Waals surface area contributed by atoms with Crippen LogP contribution in [-0.4, -0.2) is 41.1 Å². The lowest BCUT2D eigenvalue weighted by Gasteiger charge is -2.40. The van der Waals surface area contributed by atoms with E-state index in [1.807, 2.05) is 0 Å². The molecule has 86 valence electrons. The van der Waals surface area contributed by atoms with Crippen LogP contribution in [0.1, 0.15) is 32.1 Å². The van der Waals surface area contributed by atoms with Crippen LogP contribution in [0.25, 0.3) is 0 Å². The average molecular weight is 226 g/mol. The molecule has 1 heterocycles. The molecule has 2 saturated carbocycles. The van der Waals surface area contributed by atoms with Crippen LogP contribution in [-0.2, 0) is 0 Å². The predicted molar refractivity (Wildman–Crippen MR) is 66.2 cm³/mol. The minimum absolute atomic E-state index is 0.383. The van der Waals surface area contributed by atoms with Gasteiger partial charge in [0.1, 0.15) is 0 Å². The molecule has 2 aliphatic carbocycles. The van der Waals surface area contributed by atoms with E-state index in [4.69, 9.17) is 5.73 Å². The van der Waals surface area contributed by atoms with E-state index < -0.39 is 0 Å². The van der Waals surface area contributed by atoms with Crippen molar-refractivity contribution in [2.75, 3.05) is 24.6 Å². The van der Waals surface area contributed by atoms with Gasteiger partial charge in [-0.3, -0.25) is 4.90 Å². The first kappa shape index (κ1) is 10.4. The van der Waals surface area contributed by atoms with Gasteiger partial charge in [0.05, 0.1) is 0 Å². The van der Waals surface area contributed by atoms with Gasteiger partial charge in [-0.05, 0) is 43.8 Å². The fraction of sp³-hybridized carbons (Fsp3) is 1.00. The molecular formula is C12H22N2S. The van der Waals surface area contributed by atoms with Gasteiger partial charge in [-0.2, -0.15) is 11.8 Å². The second kappa shape index (κ2) is 3.94. The molecule has 1 atom stereocenters. The largest absolute Gasteiger partial charge is 0.329 e. The topological polar surface area (TPSA) is 29.3 Å². The molecule has 0 aromatic rings. The smallest absolute Gasteiger partial charge is 0.0432 e. The van der Waals surface area contributed by atoms with Crippen molar-refractivity contribution in [1.82, 2.24) is 4.90 Å². The van der Waals surface area contributed by atoms with E-state index in [2.05, 4.69) is 16.7 Å². The van der Waals surface area contributed by atoms with Crippen LogP contribution in [0.3, 0.4) is 0 Å². The lowest BCUT2D eigenvalue weighted by Crippen LogP contribution is -2.55. The zero-order valence-corrected chi connectivity index (χ0v) is 10.3. The molecule has 2 N–H and O–H groups in total. The predicted octanol–water partition coefficient (Wildman–Crippen LogP) is 1.70. The maximum atomic E-state index is 6.08. The Balaban J connectivity index is 1.72. The summed E-state index contributed by atoms with van der Waals surface area (Å²) in [5.41, 5.74) is 6.46. The van der Waals surface area contributed by atoms with Gasteiger partial charge in [0.25, 0.3) is 0 Å². The minimum atomic E-state index is 0.383. The molecule has 3 heteroatoms. The van der Waals surface area contributed by atoms with Gasteiger partial charge >= 0.3 is 0 Å². The quantitative estimate of drug-likeness (QED) is 0.773. The molecule has 1 unspecified atom stereocenters. The normalized spacial score (nSPS) is 36.4. The summed E-state index contributed by atoms with van der Waals surface area (Å²) in [7, 11) is 0. The van der Waals surface area contributed by atoms with Crippen molar-refractivity contribution < 1.29 is 0 Å². The lowest BCUT2D eigenvalue weighted by molar-refractivity contribution is 0.101. The third-order valence-corrected chi connectivity index (χ3v) is 5.45. The average Bonchev–Trinajstić information content (AvgIpc) is 3.15. The third-order valence-electron chi connectivity index (χ3n) is 4.21. The van der Waals surface area contributed by atoms with Crippen molar-refractivity contribution in [3.63, 3.8) is 0 Å². The summed E-state index contributed by atoms with van der Waals surface area (Å²) >= 11 is 2.10. The summed E-state index contributed by atoms with van der Waals surface area (Å²) in [6, 6.07) is 0.896. The van der Waals surface area contributed by atoms with E-state index in [1.165, 1.54) is 50.2 Å². The van der Waals surface area contributed by atoms with Gasteiger partial charge in [0.15, 0.2) is 0 Å². The first-order chi connectivity index (χ1) is 7.34. The highest BCUT2D eigenvalue weighted by Crippen LogP contribution is 2.43. The van der Waals surface area contributed by atoms with E-state index in [1.54, 1.807) is 0 Å². The molecule has 0 aromatic carbocycles. The standard InChI is InChI=1S/C12H22N2S/c13-8-12(5-6-15-9-12)14(11-3-4-11)7-10-1-2-10/h10-11H,1-9,13H2. The number of nitrogens with zero attached hydrogens (tertiary/aromatic N) is 1. The molecule has 1 aliphatic heterocycles. The van der Waals surface area contributed by atoms with E-state index in [0.717, 1.165) is 18.5 Å². The second-order valence-corrected chi connectivity index (χ2v) is 6.66.